The van der Waals surface area contributed by atoms with Gasteiger partial charge in [0.05, 0.1) is 0 Å². The summed E-state index contributed by atoms with van der Waals surface area (Å²) in [5.41, 5.74) is 2.31. The maximum absolute atomic E-state index is 12.9. The first kappa shape index (κ1) is 17.2. The monoisotopic (exact) mass is 336 g/mol. The van der Waals surface area contributed by atoms with Crippen molar-refractivity contribution in [1.82, 2.24) is 10.2 Å². The van der Waals surface area contributed by atoms with Crippen molar-refractivity contribution in [3.63, 3.8) is 0 Å². The van der Waals surface area contributed by atoms with Gasteiger partial charge in [0.2, 0.25) is 0 Å². The molecule has 0 saturated heterocycles. The molecule has 0 heterocycles. The van der Waals surface area contributed by atoms with Gasteiger partial charge in [0.15, 0.2) is 0 Å². The number of nitrogens with zero attached hydrogens (tertiary/aromatic N) is 1. The van der Waals surface area contributed by atoms with Crippen LogP contribution in [-0.2, 0) is 6.54 Å². The molecule has 0 unspecified atom stereocenters. The molecule has 25 heavy (non-hydrogen) atoms. The highest BCUT2D eigenvalue weighted by Gasteiger charge is 2.24. The summed E-state index contributed by atoms with van der Waals surface area (Å²) in [5, 5.41) is 2.96. The Morgan fingerprint density at radius 3 is 2.16 bits per heavy atom. The van der Waals surface area contributed by atoms with Crippen LogP contribution in [0.25, 0.3) is 0 Å². The average molecular weight is 336 g/mol. The molecule has 130 valence electrons. The van der Waals surface area contributed by atoms with Crippen molar-refractivity contribution in [2.24, 2.45) is 0 Å². The van der Waals surface area contributed by atoms with Crippen molar-refractivity contribution in [3.8, 4) is 0 Å². The van der Waals surface area contributed by atoms with E-state index < -0.39 is 0 Å². The van der Waals surface area contributed by atoms with Crippen LogP contribution in [0.1, 0.15) is 53.0 Å². The fourth-order valence-corrected chi connectivity index (χ4v) is 2.70. The fraction of sp³-hybridized carbons (Fsp3) is 0.333. The Kier molecular flexibility index (Phi) is 5.17. The standard InChI is InChI=1S/C21H24N2O2/c1-15(2)23(14-16-6-4-3-5-7-16)21(25)18-10-8-17(9-11-18)20(24)22-19-12-13-19/h3-11,15,19H,12-14H2,1-2H3,(H,22,24). The van der Waals surface area contributed by atoms with Crippen LogP contribution in [0.5, 0.6) is 0 Å². The zero-order valence-corrected chi connectivity index (χ0v) is 14.7. The van der Waals surface area contributed by atoms with E-state index in [1.54, 1.807) is 24.3 Å². The zero-order chi connectivity index (χ0) is 17.8. The van der Waals surface area contributed by atoms with E-state index in [0.29, 0.717) is 23.7 Å². The average Bonchev–Trinajstić information content (AvgIpc) is 3.44. The highest BCUT2D eigenvalue weighted by atomic mass is 16.2. The van der Waals surface area contributed by atoms with Gasteiger partial charge >= 0.3 is 0 Å². The first-order valence-corrected chi connectivity index (χ1v) is 8.80. The molecule has 0 radical (unpaired) electrons. The molecule has 4 heteroatoms. The van der Waals surface area contributed by atoms with Crippen LogP contribution in [0.4, 0.5) is 0 Å². The van der Waals surface area contributed by atoms with E-state index in [1.165, 1.54) is 0 Å². The van der Waals surface area contributed by atoms with E-state index in [-0.39, 0.29) is 17.9 Å². The molecule has 3 rings (SSSR count). The molecular formula is C21H24N2O2. The number of nitrogens with one attached hydrogen (secondary N) is 1. The Morgan fingerprint density at radius 2 is 1.60 bits per heavy atom. The molecule has 0 aromatic heterocycles. The summed E-state index contributed by atoms with van der Waals surface area (Å²) >= 11 is 0. The van der Waals surface area contributed by atoms with Gasteiger partial charge in [-0.1, -0.05) is 30.3 Å². The van der Waals surface area contributed by atoms with Crippen LogP contribution in [0, 0.1) is 0 Å². The molecule has 1 fully saturated rings. The predicted octanol–water partition coefficient (Wildman–Crippen LogP) is 3.63. The molecule has 1 N–H and O–H groups in total. The number of hydrogen-bond acceptors (Lipinski definition) is 2. The highest BCUT2D eigenvalue weighted by molar-refractivity contribution is 5.98. The Bertz CT molecular complexity index is 734. The van der Waals surface area contributed by atoms with E-state index in [0.717, 1.165) is 18.4 Å². The summed E-state index contributed by atoms with van der Waals surface area (Å²) in [5.74, 6) is -0.0838. The maximum Gasteiger partial charge on any atom is 0.254 e. The zero-order valence-electron chi connectivity index (χ0n) is 14.7. The molecule has 2 aromatic rings. The van der Waals surface area contributed by atoms with Crippen LogP contribution in [0.2, 0.25) is 0 Å². The summed E-state index contributed by atoms with van der Waals surface area (Å²) in [6.45, 7) is 4.60. The molecule has 1 saturated carbocycles. The molecule has 4 nitrogen and oxygen atoms in total. The van der Waals surface area contributed by atoms with Crippen LogP contribution in [0.3, 0.4) is 0 Å². The fourth-order valence-electron chi connectivity index (χ4n) is 2.70. The lowest BCUT2D eigenvalue weighted by atomic mass is 10.1. The van der Waals surface area contributed by atoms with E-state index >= 15 is 0 Å². The molecule has 1 aliphatic carbocycles. The maximum atomic E-state index is 12.9. The smallest absolute Gasteiger partial charge is 0.254 e. The van der Waals surface area contributed by atoms with E-state index in [1.807, 2.05) is 49.1 Å². The van der Waals surface area contributed by atoms with Gasteiger partial charge < -0.3 is 10.2 Å². The second-order valence-electron chi connectivity index (χ2n) is 6.84. The van der Waals surface area contributed by atoms with Crippen LogP contribution >= 0.6 is 0 Å². The Balaban J connectivity index is 1.71. The molecule has 1 aliphatic rings. The van der Waals surface area contributed by atoms with Gasteiger partial charge in [0.1, 0.15) is 0 Å². The van der Waals surface area contributed by atoms with Gasteiger partial charge in [-0.05, 0) is 56.5 Å². The quantitative estimate of drug-likeness (QED) is 0.876. The van der Waals surface area contributed by atoms with Crippen molar-refractivity contribution in [1.29, 1.82) is 0 Å². The minimum atomic E-state index is -0.0634. The van der Waals surface area contributed by atoms with Gasteiger partial charge in [0.25, 0.3) is 11.8 Å². The number of carbonyl (C=O) groups is 2. The van der Waals surface area contributed by atoms with Gasteiger partial charge in [-0.25, -0.2) is 0 Å². The van der Waals surface area contributed by atoms with E-state index in [2.05, 4.69) is 5.32 Å². The first-order chi connectivity index (χ1) is 12.0. The van der Waals surface area contributed by atoms with Gasteiger partial charge in [0, 0.05) is 29.8 Å². The van der Waals surface area contributed by atoms with E-state index in [9.17, 15) is 9.59 Å². The minimum absolute atomic E-state index is 0.0204. The molecular weight excluding hydrogens is 312 g/mol. The predicted molar refractivity (Wildman–Crippen MR) is 98.4 cm³/mol. The minimum Gasteiger partial charge on any atom is -0.349 e. The van der Waals surface area contributed by atoms with E-state index in [4.69, 9.17) is 0 Å². The van der Waals surface area contributed by atoms with Gasteiger partial charge in [-0.2, -0.15) is 0 Å². The summed E-state index contributed by atoms with van der Waals surface area (Å²) in [7, 11) is 0. The van der Waals surface area contributed by atoms with Crippen LogP contribution < -0.4 is 5.32 Å². The molecule has 2 aromatic carbocycles. The SMILES string of the molecule is CC(C)N(Cc1ccccc1)C(=O)c1ccc(C(=O)NC2CC2)cc1. The number of amides is 2. The Morgan fingerprint density at radius 1 is 1.00 bits per heavy atom. The van der Waals surface area contributed by atoms with Crippen LogP contribution in [0.15, 0.2) is 54.6 Å². The largest absolute Gasteiger partial charge is 0.349 e. The van der Waals surface area contributed by atoms with Crippen molar-refractivity contribution in [2.45, 2.75) is 45.3 Å². The van der Waals surface area contributed by atoms with Crippen molar-refractivity contribution in [3.05, 3.63) is 71.3 Å². The Labute approximate surface area is 148 Å². The molecule has 0 bridgehead atoms. The lowest BCUT2D eigenvalue weighted by molar-refractivity contribution is 0.0690. The number of hydrogen-bond donors (Lipinski definition) is 1. The topological polar surface area (TPSA) is 49.4 Å². The molecule has 0 atom stereocenters. The Hall–Kier alpha value is -2.62. The lowest BCUT2D eigenvalue weighted by Crippen LogP contribution is -2.36. The highest BCUT2D eigenvalue weighted by Crippen LogP contribution is 2.20. The lowest BCUT2D eigenvalue weighted by Gasteiger charge is -2.27. The third-order valence-electron chi connectivity index (χ3n) is 4.39. The third kappa shape index (κ3) is 4.47. The summed E-state index contributed by atoms with van der Waals surface area (Å²) in [6, 6.07) is 17.3. The number of carbonyl (C=O) groups excluding carboxylic acids is 2. The summed E-state index contributed by atoms with van der Waals surface area (Å²) in [4.78, 5) is 26.8. The summed E-state index contributed by atoms with van der Waals surface area (Å²) in [6.07, 6.45) is 2.12. The number of benzene rings is 2. The summed E-state index contributed by atoms with van der Waals surface area (Å²) < 4.78 is 0. The van der Waals surface area contributed by atoms with Crippen molar-refractivity contribution >= 4 is 11.8 Å². The number of rotatable bonds is 6. The van der Waals surface area contributed by atoms with Crippen molar-refractivity contribution in [2.75, 3.05) is 0 Å². The van der Waals surface area contributed by atoms with Crippen molar-refractivity contribution < 1.29 is 9.59 Å². The normalized spacial score (nSPS) is 13.6. The first-order valence-electron chi connectivity index (χ1n) is 8.80. The van der Waals surface area contributed by atoms with Gasteiger partial charge in [-0.15, -0.1) is 0 Å². The van der Waals surface area contributed by atoms with Crippen LogP contribution in [-0.4, -0.2) is 28.8 Å². The third-order valence-corrected chi connectivity index (χ3v) is 4.39. The second-order valence-corrected chi connectivity index (χ2v) is 6.84. The second kappa shape index (κ2) is 7.51. The molecule has 0 aliphatic heterocycles. The molecule has 0 spiro atoms. The van der Waals surface area contributed by atoms with Gasteiger partial charge in [-0.3, -0.25) is 9.59 Å². The molecule has 2 amide bonds.